The summed E-state index contributed by atoms with van der Waals surface area (Å²) in [5.41, 5.74) is 4.56. The molecule has 2 fully saturated rings. The molecule has 1 aromatic carbocycles. The number of hydrogen-bond acceptors (Lipinski definition) is 3. The third kappa shape index (κ3) is 3.22. The van der Waals surface area contributed by atoms with Gasteiger partial charge < -0.3 is 10.2 Å². The molecule has 4 aliphatic carbocycles. The quantitative estimate of drug-likeness (QED) is 0.584. The Kier molecular flexibility index (Phi) is 5.09. The van der Waals surface area contributed by atoms with Gasteiger partial charge in [-0.2, -0.15) is 0 Å². The van der Waals surface area contributed by atoms with Gasteiger partial charge in [-0.1, -0.05) is 63.5 Å². The molecule has 5 rings (SSSR count). The predicted molar refractivity (Wildman–Crippen MR) is 131 cm³/mol. The fourth-order valence-electron chi connectivity index (χ4n) is 7.45. The maximum atomic E-state index is 12.2. The Balaban J connectivity index is 1.68. The van der Waals surface area contributed by atoms with Crippen molar-refractivity contribution in [2.75, 3.05) is 0 Å². The normalized spacial score (nSPS) is 38.2. The molecule has 4 aliphatic rings. The van der Waals surface area contributed by atoms with E-state index in [9.17, 15) is 15.0 Å². The lowest BCUT2D eigenvalue weighted by atomic mass is 9.51. The summed E-state index contributed by atoms with van der Waals surface area (Å²) in [5.74, 6) is 3.39. The van der Waals surface area contributed by atoms with Crippen molar-refractivity contribution in [3.8, 4) is 12.3 Å². The molecule has 0 radical (unpaired) electrons. The van der Waals surface area contributed by atoms with Crippen molar-refractivity contribution in [2.24, 2.45) is 17.3 Å². The highest BCUT2D eigenvalue weighted by Crippen LogP contribution is 2.66. The number of terminal acetylenes is 1. The summed E-state index contributed by atoms with van der Waals surface area (Å²) in [6, 6.07) is 8.94. The largest absolute Gasteiger partial charge is 0.389 e. The van der Waals surface area contributed by atoms with Crippen LogP contribution in [0.1, 0.15) is 83.3 Å². The number of benzene rings is 1. The zero-order valence-corrected chi connectivity index (χ0v) is 20.3. The molecule has 0 amide bonds. The van der Waals surface area contributed by atoms with Crippen LogP contribution in [0.4, 0.5) is 0 Å². The van der Waals surface area contributed by atoms with E-state index >= 15 is 0 Å². The van der Waals surface area contributed by atoms with Crippen LogP contribution in [-0.4, -0.2) is 27.7 Å². The fourth-order valence-corrected chi connectivity index (χ4v) is 7.45. The number of fused-ring (bicyclic) bond motifs is 4. The van der Waals surface area contributed by atoms with Gasteiger partial charge in [0.15, 0.2) is 11.4 Å². The molecular formula is C30H36O3. The highest BCUT2D eigenvalue weighted by molar-refractivity contribution is 5.93. The average molecular weight is 445 g/mol. The molecule has 0 aliphatic heterocycles. The van der Waals surface area contributed by atoms with Crippen LogP contribution in [0.5, 0.6) is 0 Å². The first-order valence-electron chi connectivity index (χ1n) is 12.4. The van der Waals surface area contributed by atoms with E-state index in [1.54, 1.807) is 0 Å². The molecule has 2 saturated carbocycles. The first kappa shape index (κ1) is 22.6. The Labute approximate surface area is 198 Å². The van der Waals surface area contributed by atoms with Crippen molar-refractivity contribution >= 4 is 5.78 Å². The molecule has 0 aromatic heterocycles. The van der Waals surface area contributed by atoms with Crippen molar-refractivity contribution in [2.45, 2.75) is 89.3 Å². The van der Waals surface area contributed by atoms with Gasteiger partial charge in [0, 0.05) is 17.8 Å². The monoisotopic (exact) mass is 444 g/mol. The van der Waals surface area contributed by atoms with E-state index < -0.39 is 17.1 Å². The Morgan fingerprint density at radius 1 is 1.12 bits per heavy atom. The molecule has 2 N–H and O–H groups in total. The summed E-state index contributed by atoms with van der Waals surface area (Å²) in [4.78, 5) is 12.2. The average Bonchev–Trinajstić information content (AvgIpc) is 2.98. The second kappa shape index (κ2) is 7.42. The van der Waals surface area contributed by atoms with Crippen molar-refractivity contribution in [1.82, 2.24) is 0 Å². The van der Waals surface area contributed by atoms with Gasteiger partial charge in [0.05, 0.1) is 6.10 Å². The molecule has 6 atom stereocenters. The van der Waals surface area contributed by atoms with E-state index in [-0.39, 0.29) is 29.0 Å². The lowest BCUT2D eigenvalue weighted by molar-refractivity contribution is -0.114. The molecular weight excluding hydrogens is 408 g/mol. The molecule has 3 heteroatoms. The molecule has 0 bridgehead atoms. The van der Waals surface area contributed by atoms with Gasteiger partial charge in [0.2, 0.25) is 0 Å². The summed E-state index contributed by atoms with van der Waals surface area (Å²) in [5, 5.41) is 22.5. The molecule has 1 aromatic rings. The minimum absolute atomic E-state index is 0.0797. The number of carbonyl (C=O) groups is 1. The molecule has 0 saturated heterocycles. The van der Waals surface area contributed by atoms with Crippen molar-refractivity contribution in [3.05, 3.63) is 58.2 Å². The number of ketones is 1. The SMILES string of the molecule is C#C[C@@]1(O)[C@H](O)C[C@H]2[C@@H]3CCC4=CC(=O)CCC4=C3[C@@H](c3ccc(C(C)(C)C)cc3)C[C@@]21C. The standard InChI is InChI=1S/C30H36O3/c1-6-30(33)26(32)16-25-23-13-9-19-15-21(31)12-14-22(19)27(23)24(17-29(25,30)5)18-7-10-20(11-8-18)28(2,3)4/h1,7-8,10-11,15,23-26,32-33H,9,12-14,16-17H2,2-5H3/t23-,24+,25-,26+,29-,30+/m0/s1. The number of aliphatic hydroxyl groups excluding tert-OH is 1. The predicted octanol–water partition coefficient (Wildman–Crippen LogP) is 5.22. The highest BCUT2D eigenvalue weighted by Gasteiger charge is 2.66. The zero-order valence-electron chi connectivity index (χ0n) is 20.3. The number of rotatable bonds is 1. The molecule has 0 unspecified atom stereocenters. The Bertz CT molecular complexity index is 1090. The number of hydrogen-bond donors (Lipinski definition) is 2. The van der Waals surface area contributed by atoms with Crippen LogP contribution in [0.15, 0.2) is 47.1 Å². The van der Waals surface area contributed by atoms with Crippen LogP contribution in [0, 0.1) is 29.6 Å². The molecule has 0 heterocycles. The number of allylic oxidation sites excluding steroid dienone is 4. The molecule has 0 spiro atoms. The van der Waals surface area contributed by atoms with Crippen molar-refractivity contribution in [1.29, 1.82) is 0 Å². The van der Waals surface area contributed by atoms with E-state index in [4.69, 9.17) is 6.42 Å². The third-order valence-electron chi connectivity index (χ3n) is 9.35. The van der Waals surface area contributed by atoms with Crippen molar-refractivity contribution < 1.29 is 15.0 Å². The van der Waals surface area contributed by atoms with Crippen LogP contribution in [-0.2, 0) is 10.2 Å². The lowest BCUT2D eigenvalue weighted by Gasteiger charge is -2.53. The topological polar surface area (TPSA) is 57.5 Å². The van der Waals surface area contributed by atoms with E-state index in [2.05, 4.69) is 57.9 Å². The van der Waals surface area contributed by atoms with E-state index in [1.165, 1.54) is 27.8 Å². The van der Waals surface area contributed by atoms with E-state index in [0.29, 0.717) is 19.3 Å². The van der Waals surface area contributed by atoms with Gasteiger partial charge in [0.25, 0.3) is 0 Å². The summed E-state index contributed by atoms with van der Waals surface area (Å²) in [6.07, 6.45) is 11.3. The third-order valence-corrected chi connectivity index (χ3v) is 9.35. The van der Waals surface area contributed by atoms with Crippen LogP contribution < -0.4 is 0 Å². The minimum atomic E-state index is -1.52. The van der Waals surface area contributed by atoms with Gasteiger partial charge in [-0.25, -0.2) is 0 Å². The van der Waals surface area contributed by atoms with Crippen molar-refractivity contribution in [3.63, 3.8) is 0 Å². The van der Waals surface area contributed by atoms with Gasteiger partial charge in [-0.15, -0.1) is 6.42 Å². The highest BCUT2D eigenvalue weighted by atomic mass is 16.3. The van der Waals surface area contributed by atoms with Gasteiger partial charge in [0.1, 0.15) is 0 Å². The summed E-state index contributed by atoms with van der Waals surface area (Å²) < 4.78 is 0. The summed E-state index contributed by atoms with van der Waals surface area (Å²) in [7, 11) is 0. The summed E-state index contributed by atoms with van der Waals surface area (Å²) in [6.45, 7) is 8.76. The Hall–Kier alpha value is -2.15. The Morgan fingerprint density at radius 2 is 1.82 bits per heavy atom. The Morgan fingerprint density at radius 3 is 2.45 bits per heavy atom. The first-order valence-corrected chi connectivity index (χ1v) is 12.4. The number of carbonyl (C=O) groups excluding carboxylic acids is 1. The van der Waals surface area contributed by atoms with Crippen LogP contribution in [0.3, 0.4) is 0 Å². The van der Waals surface area contributed by atoms with Crippen LogP contribution >= 0.6 is 0 Å². The maximum Gasteiger partial charge on any atom is 0.156 e. The molecule has 174 valence electrons. The van der Waals surface area contributed by atoms with E-state index in [1.807, 2.05) is 6.08 Å². The minimum Gasteiger partial charge on any atom is -0.389 e. The first-order chi connectivity index (χ1) is 15.5. The van der Waals surface area contributed by atoms with Crippen LogP contribution in [0.2, 0.25) is 0 Å². The van der Waals surface area contributed by atoms with E-state index in [0.717, 1.165) is 19.3 Å². The zero-order chi connectivity index (χ0) is 23.8. The number of aliphatic hydroxyl groups is 2. The second-order valence-corrected chi connectivity index (χ2v) is 12.0. The smallest absolute Gasteiger partial charge is 0.156 e. The van der Waals surface area contributed by atoms with Gasteiger partial charge in [-0.05, 0) is 77.7 Å². The molecule has 3 nitrogen and oxygen atoms in total. The second-order valence-electron chi connectivity index (χ2n) is 12.0. The maximum absolute atomic E-state index is 12.2. The fraction of sp³-hybridized carbons (Fsp3) is 0.567. The molecule has 33 heavy (non-hydrogen) atoms. The lowest BCUT2D eigenvalue weighted by Crippen LogP contribution is -2.54. The van der Waals surface area contributed by atoms with Gasteiger partial charge >= 0.3 is 0 Å². The van der Waals surface area contributed by atoms with Gasteiger partial charge in [-0.3, -0.25) is 4.79 Å². The van der Waals surface area contributed by atoms with Crippen LogP contribution in [0.25, 0.3) is 0 Å². The summed E-state index contributed by atoms with van der Waals surface area (Å²) >= 11 is 0.